The highest BCUT2D eigenvalue weighted by Gasteiger charge is 2.58. The number of hydrogen-bond donors (Lipinski definition) is 1. The quantitative estimate of drug-likeness (QED) is 0.653. The molecule has 7 nitrogen and oxygen atoms in total. The number of halogens is 3. The van der Waals surface area contributed by atoms with Crippen molar-refractivity contribution in [3.05, 3.63) is 15.8 Å². The van der Waals surface area contributed by atoms with Crippen molar-refractivity contribution in [1.29, 1.82) is 0 Å². The number of aryl methyl sites for hydroxylation is 2. The highest BCUT2D eigenvalue weighted by molar-refractivity contribution is 5.62. The summed E-state index contributed by atoms with van der Waals surface area (Å²) in [4.78, 5) is 11.5. The fourth-order valence-electron chi connectivity index (χ4n) is 2.41. The molecular formula is C10H13F3N4O3. The molecule has 1 atom stereocenters. The van der Waals surface area contributed by atoms with E-state index in [0.717, 1.165) is 9.58 Å². The van der Waals surface area contributed by atoms with Crippen LogP contribution in [-0.2, 0) is 7.05 Å². The first-order chi connectivity index (χ1) is 9.07. The Morgan fingerprint density at radius 3 is 2.55 bits per heavy atom. The first-order valence-corrected chi connectivity index (χ1v) is 5.79. The molecule has 1 aliphatic heterocycles. The normalized spacial score (nSPS) is 23.4. The molecule has 1 N–H and O–H groups in total. The SMILES string of the molecule is Cc1nn(C)c(N2CCC(O)(C(F)(F)F)C2)c1[N+](=O)[O-]. The lowest BCUT2D eigenvalue weighted by Crippen LogP contribution is -2.47. The minimum Gasteiger partial charge on any atom is -0.379 e. The lowest BCUT2D eigenvalue weighted by atomic mass is 10.0. The van der Waals surface area contributed by atoms with Crippen LogP contribution in [0.4, 0.5) is 24.7 Å². The van der Waals surface area contributed by atoms with Crippen LogP contribution in [0.2, 0.25) is 0 Å². The summed E-state index contributed by atoms with van der Waals surface area (Å²) in [5.74, 6) is -0.0207. The topological polar surface area (TPSA) is 84.4 Å². The second-order valence-electron chi connectivity index (χ2n) is 4.84. The van der Waals surface area contributed by atoms with Crippen molar-refractivity contribution in [3.8, 4) is 0 Å². The Balaban J connectivity index is 2.39. The van der Waals surface area contributed by atoms with Crippen molar-refractivity contribution in [2.45, 2.75) is 25.1 Å². The number of rotatable bonds is 2. The molecule has 1 saturated heterocycles. The molecule has 1 aromatic heterocycles. The Morgan fingerprint density at radius 1 is 1.50 bits per heavy atom. The maximum absolute atomic E-state index is 12.8. The van der Waals surface area contributed by atoms with E-state index < -0.39 is 29.7 Å². The molecule has 0 spiro atoms. The molecule has 0 saturated carbocycles. The van der Waals surface area contributed by atoms with Crippen LogP contribution in [0, 0.1) is 17.0 Å². The van der Waals surface area contributed by atoms with Gasteiger partial charge in [0.15, 0.2) is 5.60 Å². The van der Waals surface area contributed by atoms with Gasteiger partial charge in [-0.05, 0) is 6.92 Å². The summed E-state index contributed by atoms with van der Waals surface area (Å²) >= 11 is 0. The Morgan fingerprint density at radius 2 is 2.10 bits per heavy atom. The summed E-state index contributed by atoms with van der Waals surface area (Å²) in [7, 11) is 1.42. The summed E-state index contributed by atoms with van der Waals surface area (Å²) in [5, 5.41) is 24.5. The van der Waals surface area contributed by atoms with Crippen molar-refractivity contribution >= 4 is 11.5 Å². The molecule has 0 bridgehead atoms. The van der Waals surface area contributed by atoms with Gasteiger partial charge >= 0.3 is 11.9 Å². The molecule has 2 heterocycles. The number of nitrogens with zero attached hydrogens (tertiary/aromatic N) is 4. The van der Waals surface area contributed by atoms with Gasteiger partial charge < -0.3 is 10.0 Å². The largest absolute Gasteiger partial charge is 0.418 e. The van der Waals surface area contributed by atoms with E-state index in [9.17, 15) is 28.4 Å². The first-order valence-electron chi connectivity index (χ1n) is 5.79. The monoisotopic (exact) mass is 294 g/mol. The predicted octanol–water partition coefficient (Wildman–Crippen LogP) is 1.14. The van der Waals surface area contributed by atoms with Gasteiger partial charge in [0.25, 0.3) is 0 Å². The van der Waals surface area contributed by atoms with Crippen LogP contribution in [0.1, 0.15) is 12.1 Å². The third kappa shape index (κ3) is 2.09. The Bertz CT molecular complexity index is 557. The van der Waals surface area contributed by atoms with Gasteiger partial charge in [-0.1, -0.05) is 0 Å². The van der Waals surface area contributed by atoms with E-state index in [2.05, 4.69) is 5.10 Å². The standard InChI is InChI=1S/C10H13F3N4O3/c1-6-7(17(19)20)8(15(2)14-6)16-4-3-9(18,5-16)10(11,12)13/h18H,3-5H2,1-2H3. The second-order valence-corrected chi connectivity index (χ2v) is 4.84. The van der Waals surface area contributed by atoms with Crippen LogP contribution >= 0.6 is 0 Å². The van der Waals surface area contributed by atoms with Gasteiger partial charge in [-0.2, -0.15) is 18.3 Å². The van der Waals surface area contributed by atoms with E-state index in [1.807, 2.05) is 0 Å². The maximum Gasteiger partial charge on any atom is 0.418 e. The number of hydrogen-bond acceptors (Lipinski definition) is 5. The lowest BCUT2D eigenvalue weighted by molar-refractivity contribution is -0.384. The molecule has 1 aliphatic rings. The summed E-state index contributed by atoms with van der Waals surface area (Å²) in [6.45, 7) is 0.541. The third-order valence-corrected chi connectivity index (χ3v) is 3.42. The van der Waals surface area contributed by atoms with Gasteiger partial charge in [-0.15, -0.1) is 0 Å². The van der Waals surface area contributed by atoms with E-state index in [-0.39, 0.29) is 23.7 Å². The molecule has 112 valence electrons. The van der Waals surface area contributed by atoms with Crippen LogP contribution < -0.4 is 4.90 Å². The first kappa shape index (κ1) is 14.6. The van der Waals surface area contributed by atoms with Gasteiger partial charge in [0, 0.05) is 20.0 Å². The molecule has 2 rings (SSSR count). The van der Waals surface area contributed by atoms with Crippen molar-refractivity contribution in [2.75, 3.05) is 18.0 Å². The van der Waals surface area contributed by atoms with Crippen LogP contribution in [0.5, 0.6) is 0 Å². The fraction of sp³-hybridized carbons (Fsp3) is 0.700. The molecule has 0 aliphatic carbocycles. The van der Waals surface area contributed by atoms with Gasteiger partial charge in [0.05, 0.1) is 11.5 Å². The van der Waals surface area contributed by atoms with Crippen molar-refractivity contribution in [2.24, 2.45) is 7.05 Å². The van der Waals surface area contributed by atoms with Crippen LogP contribution in [0.15, 0.2) is 0 Å². The Hall–Kier alpha value is -1.84. The molecule has 1 unspecified atom stereocenters. The Labute approximate surface area is 111 Å². The molecule has 1 aromatic rings. The maximum atomic E-state index is 12.8. The van der Waals surface area contributed by atoms with Crippen molar-refractivity contribution in [3.63, 3.8) is 0 Å². The zero-order chi connectivity index (χ0) is 15.3. The number of aromatic nitrogens is 2. The summed E-state index contributed by atoms with van der Waals surface area (Å²) in [6, 6.07) is 0. The molecule has 1 fully saturated rings. The summed E-state index contributed by atoms with van der Waals surface area (Å²) in [6.07, 6.45) is -5.30. The van der Waals surface area contributed by atoms with Gasteiger partial charge in [-0.3, -0.25) is 10.1 Å². The average molecular weight is 294 g/mol. The molecule has 0 aromatic carbocycles. The molecule has 0 radical (unpaired) electrons. The number of β-amino-alcohol motifs (C(OH)–C–C–N with tert-alkyl or cyclic N) is 1. The fourth-order valence-corrected chi connectivity index (χ4v) is 2.41. The van der Waals surface area contributed by atoms with Crippen LogP contribution in [0.25, 0.3) is 0 Å². The van der Waals surface area contributed by atoms with E-state index in [0.29, 0.717) is 0 Å². The number of aliphatic hydroxyl groups is 1. The molecule has 10 heteroatoms. The van der Waals surface area contributed by atoms with Gasteiger partial charge in [0.2, 0.25) is 5.82 Å². The van der Waals surface area contributed by atoms with E-state index in [1.165, 1.54) is 14.0 Å². The van der Waals surface area contributed by atoms with E-state index in [1.54, 1.807) is 0 Å². The number of alkyl halides is 3. The average Bonchev–Trinajstić information content (AvgIpc) is 2.79. The predicted molar refractivity (Wildman–Crippen MR) is 62.4 cm³/mol. The zero-order valence-electron chi connectivity index (χ0n) is 10.8. The van der Waals surface area contributed by atoms with Gasteiger partial charge in [-0.25, -0.2) is 4.68 Å². The molecular weight excluding hydrogens is 281 g/mol. The highest BCUT2D eigenvalue weighted by Crippen LogP contribution is 2.41. The number of nitro groups is 1. The molecule has 0 amide bonds. The molecule has 20 heavy (non-hydrogen) atoms. The lowest BCUT2D eigenvalue weighted by Gasteiger charge is -2.26. The zero-order valence-corrected chi connectivity index (χ0v) is 10.8. The van der Waals surface area contributed by atoms with E-state index in [4.69, 9.17) is 0 Å². The van der Waals surface area contributed by atoms with Gasteiger partial charge in [0.1, 0.15) is 5.69 Å². The van der Waals surface area contributed by atoms with E-state index >= 15 is 0 Å². The second kappa shape index (κ2) is 4.33. The van der Waals surface area contributed by atoms with Crippen LogP contribution in [-0.4, -0.2) is 44.7 Å². The van der Waals surface area contributed by atoms with Crippen molar-refractivity contribution < 1.29 is 23.2 Å². The Kier molecular flexibility index (Phi) is 3.16. The van der Waals surface area contributed by atoms with Crippen molar-refractivity contribution in [1.82, 2.24) is 9.78 Å². The number of anilines is 1. The third-order valence-electron chi connectivity index (χ3n) is 3.42. The minimum absolute atomic E-state index is 0.0207. The minimum atomic E-state index is -4.77. The summed E-state index contributed by atoms with van der Waals surface area (Å²) in [5.41, 5.74) is -3.06. The van der Waals surface area contributed by atoms with Crippen LogP contribution in [0.3, 0.4) is 0 Å². The highest BCUT2D eigenvalue weighted by atomic mass is 19.4. The summed E-state index contributed by atoms with van der Waals surface area (Å²) < 4.78 is 39.5. The smallest absolute Gasteiger partial charge is 0.379 e.